The van der Waals surface area contributed by atoms with Crippen LogP contribution in [0.2, 0.25) is 0 Å². The molecule has 70 valence electrons. The van der Waals surface area contributed by atoms with Crippen molar-refractivity contribution in [2.24, 2.45) is 0 Å². The summed E-state index contributed by atoms with van der Waals surface area (Å²) in [5.41, 5.74) is 1.90. The van der Waals surface area contributed by atoms with E-state index < -0.39 is 0 Å². The number of hydrogen-bond acceptors (Lipinski definition) is 1. The fourth-order valence-electron chi connectivity index (χ4n) is 1.25. The monoisotopic (exact) mass is 304 g/mol. The Morgan fingerprint density at radius 1 is 1.46 bits per heavy atom. The second-order valence-electron chi connectivity index (χ2n) is 2.68. The van der Waals surface area contributed by atoms with Crippen LogP contribution >= 0.6 is 31.9 Å². The van der Waals surface area contributed by atoms with Crippen LogP contribution in [0.3, 0.4) is 0 Å². The van der Waals surface area contributed by atoms with Crippen LogP contribution in [0.4, 0.5) is 0 Å². The van der Waals surface area contributed by atoms with Crippen molar-refractivity contribution in [1.29, 1.82) is 0 Å². The van der Waals surface area contributed by atoms with Crippen LogP contribution in [-0.2, 0) is 6.42 Å². The summed E-state index contributed by atoms with van der Waals surface area (Å²) >= 11 is 6.61. The van der Waals surface area contributed by atoms with E-state index in [2.05, 4.69) is 31.9 Å². The van der Waals surface area contributed by atoms with Gasteiger partial charge in [-0.15, -0.1) is 0 Å². The lowest BCUT2D eigenvalue weighted by Crippen LogP contribution is -2.04. The summed E-state index contributed by atoms with van der Waals surface area (Å²) < 4.78 is 1.02. The predicted molar refractivity (Wildman–Crippen MR) is 61.6 cm³/mol. The van der Waals surface area contributed by atoms with Gasteiger partial charge in [0, 0.05) is 10.0 Å². The Bertz CT molecular complexity index is 321. The van der Waals surface area contributed by atoms with Crippen LogP contribution in [-0.4, -0.2) is 11.1 Å². The van der Waals surface area contributed by atoms with Gasteiger partial charge in [-0.05, 0) is 18.1 Å². The Hall–Kier alpha value is -0.150. The highest BCUT2D eigenvalue weighted by Crippen LogP contribution is 2.21. The van der Waals surface area contributed by atoms with Crippen LogP contribution < -0.4 is 0 Å². The average molecular weight is 306 g/mol. The van der Waals surface area contributed by atoms with E-state index in [0.717, 1.165) is 22.0 Å². The molecule has 0 fully saturated rings. The number of alkyl halides is 1. The molecule has 1 aromatic rings. The number of Topliss-reactive ketones (excluding diaryl/α,β-unsaturated/α-hetero) is 1. The molecule has 0 heterocycles. The lowest BCUT2D eigenvalue weighted by molar-refractivity contribution is 0.102. The smallest absolute Gasteiger partial charge is 0.173 e. The summed E-state index contributed by atoms with van der Waals surface area (Å²) in [6.45, 7) is 2.05. The number of ketones is 1. The third kappa shape index (κ3) is 2.41. The molecule has 1 rings (SSSR count). The molecular weight excluding hydrogens is 296 g/mol. The topological polar surface area (TPSA) is 17.1 Å². The quantitative estimate of drug-likeness (QED) is 0.616. The first-order valence-electron chi connectivity index (χ1n) is 4.07. The highest BCUT2D eigenvalue weighted by atomic mass is 79.9. The van der Waals surface area contributed by atoms with Gasteiger partial charge in [-0.3, -0.25) is 4.79 Å². The van der Waals surface area contributed by atoms with Crippen molar-refractivity contribution in [2.45, 2.75) is 13.3 Å². The van der Waals surface area contributed by atoms with Crippen molar-refractivity contribution in [1.82, 2.24) is 0 Å². The second kappa shape index (κ2) is 4.91. The van der Waals surface area contributed by atoms with Crippen LogP contribution in [0, 0.1) is 0 Å². The van der Waals surface area contributed by atoms with Gasteiger partial charge in [0.05, 0.1) is 5.33 Å². The summed E-state index contributed by atoms with van der Waals surface area (Å²) in [4.78, 5) is 11.5. The predicted octanol–water partition coefficient (Wildman–Crippen LogP) is 3.59. The Morgan fingerprint density at radius 3 is 2.69 bits per heavy atom. The van der Waals surface area contributed by atoms with Crippen LogP contribution in [0.15, 0.2) is 22.7 Å². The number of benzene rings is 1. The average Bonchev–Trinajstić information content (AvgIpc) is 2.16. The molecule has 13 heavy (non-hydrogen) atoms. The zero-order valence-corrected chi connectivity index (χ0v) is 10.5. The molecule has 0 saturated carbocycles. The van der Waals surface area contributed by atoms with E-state index in [9.17, 15) is 4.79 Å². The molecule has 0 bridgehead atoms. The molecule has 0 radical (unpaired) electrons. The normalized spacial score (nSPS) is 10.1. The number of carbonyl (C=O) groups is 1. The van der Waals surface area contributed by atoms with Crippen LogP contribution in [0.25, 0.3) is 0 Å². The zero-order valence-electron chi connectivity index (χ0n) is 7.31. The standard InChI is InChI=1S/C10H10Br2O/c1-2-7-8(10(13)6-11)4-3-5-9(7)12/h3-5H,2,6H2,1H3. The van der Waals surface area contributed by atoms with E-state index in [1.807, 2.05) is 25.1 Å². The molecule has 0 atom stereocenters. The van der Waals surface area contributed by atoms with E-state index >= 15 is 0 Å². The summed E-state index contributed by atoms with van der Waals surface area (Å²) in [6, 6.07) is 5.72. The van der Waals surface area contributed by atoms with Gasteiger partial charge in [-0.25, -0.2) is 0 Å². The van der Waals surface area contributed by atoms with Gasteiger partial charge < -0.3 is 0 Å². The minimum Gasteiger partial charge on any atom is -0.293 e. The maximum atomic E-state index is 11.5. The summed E-state index contributed by atoms with van der Waals surface area (Å²) in [6.07, 6.45) is 0.871. The third-order valence-electron chi connectivity index (χ3n) is 1.89. The molecule has 0 amide bonds. The van der Waals surface area contributed by atoms with E-state index in [4.69, 9.17) is 0 Å². The molecule has 0 saturated heterocycles. The first-order chi connectivity index (χ1) is 6.20. The molecule has 0 aromatic heterocycles. The number of carbonyl (C=O) groups excluding carboxylic acids is 1. The molecule has 0 aliphatic carbocycles. The molecule has 0 N–H and O–H groups in total. The van der Waals surface area contributed by atoms with Gasteiger partial charge in [-0.1, -0.05) is 50.9 Å². The van der Waals surface area contributed by atoms with E-state index in [1.165, 1.54) is 0 Å². The van der Waals surface area contributed by atoms with Crippen molar-refractivity contribution >= 4 is 37.6 Å². The fourth-order valence-corrected chi connectivity index (χ4v) is 2.20. The Kier molecular flexibility index (Phi) is 4.13. The third-order valence-corrected chi connectivity index (χ3v) is 3.15. The van der Waals surface area contributed by atoms with E-state index in [1.54, 1.807) is 0 Å². The van der Waals surface area contributed by atoms with Gasteiger partial charge in [0.2, 0.25) is 0 Å². The van der Waals surface area contributed by atoms with Crippen molar-refractivity contribution < 1.29 is 4.79 Å². The minimum absolute atomic E-state index is 0.137. The molecule has 0 spiro atoms. The summed E-state index contributed by atoms with van der Waals surface area (Å²) in [7, 11) is 0. The summed E-state index contributed by atoms with van der Waals surface area (Å²) in [5, 5.41) is 0.385. The zero-order chi connectivity index (χ0) is 9.84. The molecule has 1 aromatic carbocycles. The van der Waals surface area contributed by atoms with Crippen molar-refractivity contribution in [2.75, 3.05) is 5.33 Å². The van der Waals surface area contributed by atoms with Gasteiger partial charge in [0.1, 0.15) is 0 Å². The van der Waals surface area contributed by atoms with Gasteiger partial charge in [-0.2, -0.15) is 0 Å². The molecule has 0 aliphatic rings. The molecule has 3 heteroatoms. The van der Waals surface area contributed by atoms with Gasteiger partial charge in [0.15, 0.2) is 5.78 Å². The summed E-state index contributed by atoms with van der Waals surface area (Å²) in [5.74, 6) is 0.137. The highest BCUT2D eigenvalue weighted by molar-refractivity contribution is 9.10. The lowest BCUT2D eigenvalue weighted by Gasteiger charge is -2.06. The van der Waals surface area contributed by atoms with Gasteiger partial charge in [0.25, 0.3) is 0 Å². The maximum Gasteiger partial charge on any atom is 0.173 e. The SMILES string of the molecule is CCc1c(Br)cccc1C(=O)CBr. The highest BCUT2D eigenvalue weighted by Gasteiger charge is 2.10. The Morgan fingerprint density at radius 2 is 2.15 bits per heavy atom. The van der Waals surface area contributed by atoms with Crippen molar-refractivity contribution in [3.63, 3.8) is 0 Å². The van der Waals surface area contributed by atoms with Crippen molar-refractivity contribution in [3.05, 3.63) is 33.8 Å². The molecular formula is C10H10Br2O. The van der Waals surface area contributed by atoms with E-state index in [0.29, 0.717) is 5.33 Å². The number of halogens is 2. The Balaban J connectivity index is 3.20. The first-order valence-corrected chi connectivity index (χ1v) is 5.98. The maximum absolute atomic E-state index is 11.5. The minimum atomic E-state index is 0.137. The largest absolute Gasteiger partial charge is 0.293 e. The Labute approximate surface area is 94.8 Å². The van der Waals surface area contributed by atoms with Crippen molar-refractivity contribution in [3.8, 4) is 0 Å². The number of rotatable bonds is 3. The second-order valence-corrected chi connectivity index (χ2v) is 4.09. The molecule has 1 nitrogen and oxygen atoms in total. The fraction of sp³-hybridized carbons (Fsp3) is 0.300. The van der Waals surface area contributed by atoms with Crippen LogP contribution in [0.1, 0.15) is 22.8 Å². The van der Waals surface area contributed by atoms with Crippen LogP contribution in [0.5, 0.6) is 0 Å². The van der Waals surface area contributed by atoms with E-state index in [-0.39, 0.29) is 5.78 Å². The number of hydrogen-bond donors (Lipinski definition) is 0. The van der Waals surface area contributed by atoms with Gasteiger partial charge >= 0.3 is 0 Å². The lowest BCUT2D eigenvalue weighted by atomic mass is 10.0. The first kappa shape index (κ1) is 10.9. The molecule has 0 unspecified atom stereocenters. The molecule has 0 aliphatic heterocycles.